The Balaban J connectivity index is 1.47. The van der Waals surface area contributed by atoms with Crippen LogP contribution in [0.4, 0.5) is 0 Å². The number of ether oxygens (including phenoxy) is 2. The van der Waals surface area contributed by atoms with Gasteiger partial charge >= 0.3 is 11.9 Å². The molecule has 1 saturated carbocycles. The Morgan fingerprint density at radius 1 is 0.947 bits per heavy atom. The third-order valence-electron chi connectivity index (χ3n) is 7.25. The molecule has 6 heteroatoms. The number of aromatic carboxylic acids is 1. The first-order valence-electron chi connectivity index (χ1n) is 12.9. The molecule has 3 aromatic rings. The Kier molecular flexibility index (Phi) is 8.85. The first-order valence-corrected chi connectivity index (χ1v) is 12.9. The number of allylic oxidation sites excluding steroid dienone is 1. The van der Waals surface area contributed by atoms with Gasteiger partial charge < -0.3 is 19.7 Å². The number of hydrogen-bond donors (Lipinski definition) is 2. The second-order valence-electron chi connectivity index (χ2n) is 10.1. The lowest BCUT2D eigenvalue weighted by Crippen LogP contribution is -2.11. The standard InChI is InChI=1S/C32H34O6/c1-37-28-14-9-25(10-15-28)22-38-29-5-3-2-4-26(29)11-6-24(16-17-32(18-19-32)21-30(33)34)20-23-7-12-27(13-8-23)31(35)36/h2-15,24H,16-22H2,1H3,(H,33,34)(H,35,36)/b11-6+. The van der Waals surface area contributed by atoms with Crippen molar-refractivity contribution in [3.63, 3.8) is 0 Å². The van der Waals surface area contributed by atoms with E-state index in [-0.39, 0.29) is 23.3 Å². The van der Waals surface area contributed by atoms with Crippen LogP contribution in [-0.4, -0.2) is 29.3 Å². The van der Waals surface area contributed by atoms with Gasteiger partial charge in [0.15, 0.2) is 0 Å². The number of carbonyl (C=O) groups is 2. The molecule has 198 valence electrons. The van der Waals surface area contributed by atoms with Crippen LogP contribution in [0.2, 0.25) is 0 Å². The highest BCUT2D eigenvalue weighted by atomic mass is 16.5. The van der Waals surface area contributed by atoms with Gasteiger partial charge in [0, 0.05) is 5.56 Å². The summed E-state index contributed by atoms with van der Waals surface area (Å²) in [5, 5.41) is 18.5. The van der Waals surface area contributed by atoms with Crippen molar-refractivity contribution in [1.29, 1.82) is 0 Å². The van der Waals surface area contributed by atoms with E-state index in [9.17, 15) is 19.8 Å². The van der Waals surface area contributed by atoms with Gasteiger partial charge in [0.05, 0.1) is 19.1 Å². The Bertz CT molecular complexity index is 1260. The number of rotatable bonds is 14. The minimum atomic E-state index is -0.941. The van der Waals surface area contributed by atoms with Gasteiger partial charge in [0.25, 0.3) is 0 Å². The molecular weight excluding hydrogens is 480 g/mol. The SMILES string of the molecule is COc1ccc(COc2ccccc2/C=C/C(CCC2(CC(=O)O)CC2)Cc2ccc(C(=O)O)cc2)cc1. The van der Waals surface area contributed by atoms with E-state index in [4.69, 9.17) is 9.47 Å². The maximum Gasteiger partial charge on any atom is 0.335 e. The number of methoxy groups -OCH3 is 1. The molecule has 0 heterocycles. The van der Waals surface area contributed by atoms with Crippen LogP contribution in [0.3, 0.4) is 0 Å². The predicted octanol–water partition coefficient (Wildman–Crippen LogP) is 6.88. The number of carboxylic acids is 2. The topological polar surface area (TPSA) is 93.1 Å². The van der Waals surface area contributed by atoms with E-state index in [1.165, 1.54) is 0 Å². The fourth-order valence-electron chi connectivity index (χ4n) is 4.73. The number of hydrogen-bond acceptors (Lipinski definition) is 4. The van der Waals surface area contributed by atoms with Crippen molar-refractivity contribution in [3.05, 3.63) is 101 Å². The number of carboxylic acid groups (broad SMARTS) is 2. The first kappa shape index (κ1) is 27.0. The van der Waals surface area contributed by atoms with Crippen LogP contribution in [0.5, 0.6) is 11.5 Å². The van der Waals surface area contributed by atoms with Gasteiger partial charge in [0.2, 0.25) is 0 Å². The van der Waals surface area contributed by atoms with E-state index in [0.29, 0.717) is 6.61 Å². The molecule has 0 saturated heterocycles. The minimum absolute atomic E-state index is 0.0789. The zero-order chi connectivity index (χ0) is 27.0. The summed E-state index contributed by atoms with van der Waals surface area (Å²) in [6.07, 6.45) is 8.87. The van der Waals surface area contributed by atoms with E-state index in [0.717, 1.165) is 60.3 Å². The summed E-state index contributed by atoms with van der Waals surface area (Å²) in [6, 6.07) is 22.7. The molecule has 1 unspecified atom stereocenters. The van der Waals surface area contributed by atoms with Gasteiger partial charge in [-0.25, -0.2) is 4.79 Å². The van der Waals surface area contributed by atoms with Crippen LogP contribution in [0, 0.1) is 11.3 Å². The van der Waals surface area contributed by atoms with Gasteiger partial charge in [-0.15, -0.1) is 0 Å². The lowest BCUT2D eigenvalue weighted by atomic mass is 9.87. The molecule has 1 fully saturated rings. The van der Waals surface area contributed by atoms with Crippen LogP contribution >= 0.6 is 0 Å². The molecule has 2 N–H and O–H groups in total. The molecule has 1 atom stereocenters. The largest absolute Gasteiger partial charge is 0.497 e. The van der Waals surface area contributed by atoms with Gasteiger partial charge in [-0.05, 0) is 84.9 Å². The molecular formula is C32H34O6. The molecule has 0 bridgehead atoms. The zero-order valence-electron chi connectivity index (χ0n) is 21.6. The van der Waals surface area contributed by atoms with Crippen molar-refractivity contribution in [2.24, 2.45) is 11.3 Å². The maximum atomic E-state index is 11.3. The predicted molar refractivity (Wildman–Crippen MR) is 147 cm³/mol. The first-order chi connectivity index (χ1) is 18.4. The summed E-state index contributed by atoms with van der Waals surface area (Å²) in [7, 11) is 1.64. The van der Waals surface area contributed by atoms with Crippen LogP contribution in [0.15, 0.2) is 78.9 Å². The molecule has 0 spiro atoms. The van der Waals surface area contributed by atoms with Gasteiger partial charge in [0.1, 0.15) is 18.1 Å². The number of benzene rings is 3. The fraction of sp³-hybridized carbons (Fsp3) is 0.312. The average Bonchev–Trinajstić information content (AvgIpc) is 3.68. The van der Waals surface area contributed by atoms with Gasteiger partial charge in [-0.3, -0.25) is 4.79 Å². The Labute approximate surface area is 223 Å². The molecule has 6 nitrogen and oxygen atoms in total. The molecule has 38 heavy (non-hydrogen) atoms. The third-order valence-corrected chi connectivity index (χ3v) is 7.25. The number of para-hydroxylation sites is 1. The Morgan fingerprint density at radius 3 is 2.26 bits per heavy atom. The second-order valence-corrected chi connectivity index (χ2v) is 10.1. The molecule has 3 aromatic carbocycles. The van der Waals surface area contributed by atoms with Crippen molar-refractivity contribution in [2.75, 3.05) is 7.11 Å². The Morgan fingerprint density at radius 2 is 1.63 bits per heavy atom. The van der Waals surface area contributed by atoms with Crippen molar-refractivity contribution in [3.8, 4) is 11.5 Å². The van der Waals surface area contributed by atoms with Crippen molar-refractivity contribution in [1.82, 2.24) is 0 Å². The van der Waals surface area contributed by atoms with Crippen molar-refractivity contribution in [2.45, 2.75) is 45.1 Å². The quantitative estimate of drug-likeness (QED) is 0.244. The van der Waals surface area contributed by atoms with Crippen molar-refractivity contribution < 1.29 is 29.3 Å². The van der Waals surface area contributed by atoms with Crippen LogP contribution < -0.4 is 9.47 Å². The normalized spacial score (nSPS) is 14.7. The van der Waals surface area contributed by atoms with E-state index in [1.54, 1.807) is 19.2 Å². The van der Waals surface area contributed by atoms with E-state index >= 15 is 0 Å². The summed E-state index contributed by atoms with van der Waals surface area (Å²) in [5.74, 6) is 0.0858. The molecule has 4 rings (SSSR count). The highest BCUT2D eigenvalue weighted by molar-refractivity contribution is 5.87. The molecule has 0 aliphatic heterocycles. The van der Waals surface area contributed by atoms with Gasteiger partial charge in [-0.1, -0.05) is 54.6 Å². The molecule has 0 aromatic heterocycles. The minimum Gasteiger partial charge on any atom is -0.497 e. The Hall–Kier alpha value is -4.06. The van der Waals surface area contributed by atoms with Crippen LogP contribution in [0.25, 0.3) is 6.08 Å². The molecule has 0 amide bonds. The smallest absolute Gasteiger partial charge is 0.335 e. The number of aliphatic carboxylic acids is 1. The van der Waals surface area contributed by atoms with E-state index in [2.05, 4.69) is 12.2 Å². The van der Waals surface area contributed by atoms with Crippen molar-refractivity contribution >= 4 is 18.0 Å². The second kappa shape index (κ2) is 12.5. The summed E-state index contributed by atoms with van der Waals surface area (Å²) >= 11 is 0. The summed E-state index contributed by atoms with van der Waals surface area (Å²) in [5.41, 5.74) is 3.25. The fourth-order valence-corrected chi connectivity index (χ4v) is 4.73. The van der Waals surface area contributed by atoms with Gasteiger partial charge in [-0.2, -0.15) is 0 Å². The monoisotopic (exact) mass is 514 g/mol. The summed E-state index contributed by atoms with van der Waals surface area (Å²) in [6.45, 7) is 0.436. The highest BCUT2D eigenvalue weighted by Crippen LogP contribution is 2.53. The molecule has 1 aliphatic rings. The van der Waals surface area contributed by atoms with E-state index in [1.807, 2.05) is 60.7 Å². The lowest BCUT2D eigenvalue weighted by molar-refractivity contribution is -0.138. The van der Waals surface area contributed by atoms with Crippen LogP contribution in [-0.2, 0) is 17.8 Å². The van der Waals surface area contributed by atoms with Crippen LogP contribution in [0.1, 0.15) is 59.2 Å². The maximum absolute atomic E-state index is 11.3. The average molecular weight is 515 g/mol. The van der Waals surface area contributed by atoms with E-state index < -0.39 is 11.9 Å². The lowest BCUT2D eigenvalue weighted by Gasteiger charge is -2.18. The summed E-state index contributed by atoms with van der Waals surface area (Å²) < 4.78 is 11.4. The molecule has 1 aliphatic carbocycles. The third kappa shape index (κ3) is 7.72. The summed E-state index contributed by atoms with van der Waals surface area (Å²) in [4.78, 5) is 22.6. The highest BCUT2D eigenvalue weighted by Gasteiger charge is 2.43. The molecule has 0 radical (unpaired) electrons. The zero-order valence-corrected chi connectivity index (χ0v) is 21.6.